The molecule has 3 rings (SSSR count). The Hall–Kier alpha value is -2.69. The first-order valence-corrected chi connectivity index (χ1v) is 6.68. The van der Waals surface area contributed by atoms with Crippen LogP contribution in [0.3, 0.4) is 0 Å². The number of rotatable bonds is 3. The molecule has 1 aromatic heterocycles. The minimum Gasteiger partial charge on any atom is -0.378 e. The Bertz CT molecular complexity index is 842. The van der Waals surface area contributed by atoms with Crippen LogP contribution in [-0.4, -0.2) is 30.5 Å². The van der Waals surface area contributed by atoms with Gasteiger partial charge < -0.3 is 10.2 Å². The third kappa shape index (κ3) is 2.38. The van der Waals surface area contributed by atoms with Crippen LogP contribution in [0.5, 0.6) is 0 Å². The van der Waals surface area contributed by atoms with Crippen LogP contribution in [-0.2, 0) is 4.79 Å². The lowest BCUT2D eigenvalue weighted by Crippen LogP contribution is -2.08. The second-order valence-corrected chi connectivity index (χ2v) is 5.21. The van der Waals surface area contributed by atoms with Gasteiger partial charge in [-0.25, -0.2) is 9.97 Å². The zero-order valence-electron chi connectivity index (χ0n) is 12.2. The highest BCUT2D eigenvalue weighted by molar-refractivity contribution is 5.91. The van der Waals surface area contributed by atoms with Crippen molar-refractivity contribution in [2.75, 3.05) is 24.3 Å². The Morgan fingerprint density at radius 2 is 1.67 bits per heavy atom. The predicted octanol–water partition coefficient (Wildman–Crippen LogP) is 2.73. The van der Waals surface area contributed by atoms with Gasteiger partial charge in [-0.3, -0.25) is 4.79 Å². The van der Waals surface area contributed by atoms with Gasteiger partial charge in [0.05, 0.1) is 22.1 Å². The fourth-order valence-electron chi connectivity index (χ4n) is 2.31. The van der Waals surface area contributed by atoms with Crippen LogP contribution in [0.1, 0.15) is 5.56 Å². The van der Waals surface area contributed by atoms with Gasteiger partial charge >= 0.3 is 0 Å². The Kier molecular flexibility index (Phi) is 3.17. The average Bonchev–Trinajstić information content (AvgIpc) is 2.45. The maximum absolute atomic E-state index is 10.6. The molecule has 0 fully saturated rings. The van der Waals surface area contributed by atoms with Gasteiger partial charge in [-0.2, -0.15) is 0 Å². The van der Waals surface area contributed by atoms with Crippen molar-refractivity contribution < 1.29 is 4.79 Å². The Morgan fingerprint density at radius 1 is 1.00 bits per heavy atom. The summed E-state index contributed by atoms with van der Waals surface area (Å²) in [6.45, 7) is 1.94. The van der Waals surface area contributed by atoms with Gasteiger partial charge in [0.25, 0.3) is 0 Å². The molecule has 0 radical (unpaired) electrons. The Morgan fingerprint density at radius 3 is 2.38 bits per heavy atom. The zero-order valence-corrected chi connectivity index (χ0v) is 12.2. The summed E-state index contributed by atoms with van der Waals surface area (Å²) in [5.41, 5.74) is 6.11. The maximum Gasteiger partial charge on any atom is 0.211 e. The largest absolute Gasteiger partial charge is 0.378 e. The summed E-state index contributed by atoms with van der Waals surface area (Å²) in [7, 11) is 3.98. The van der Waals surface area contributed by atoms with Crippen molar-refractivity contribution in [2.45, 2.75) is 6.92 Å². The summed E-state index contributed by atoms with van der Waals surface area (Å²) in [5, 5.41) is 2.69. The standard InChI is InChI=1S/C16H16N4O/c1-10-6-14-16(8-13(10)17-9-21)19-15-7-11(20(2)3)4-5-12(15)18-14/h4-9H,1-3H3,(H,17,21). The van der Waals surface area contributed by atoms with Gasteiger partial charge in [-0.05, 0) is 42.8 Å². The van der Waals surface area contributed by atoms with E-state index in [0.717, 1.165) is 39.0 Å². The van der Waals surface area contributed by atoms with Crippen molar-refractivity contribution in [3.8, 4) is 0 Å². The highest BCUT2D eigenvalue weighted by Gasteiger charge is 2.07. The van der Waals surface area contributed by atoms with E-state index in [0.29, 0.717) is 6.41 Å². The first-order valence-electron chi connectivity index (χ1n) is 6.68. The van der Waals surface area contributed by atoms with E-state index in [9.17, 15) is 4.79 Å². The van der Waals surface area contributed by atoms with E-state index in [4.69, 9.17) is 0 Å². The van der Waals surface area contributed by atoms with Crippen molar-refractivity contribution >= 4 is 39.9 Å². The van der Waals surface area contributed by atoms with Crippen molar-refractivity contribution in [3.05, 3.63) is 35.9 Å². The fraction of sp³-hybridized carbons (Fsp3) is 0.188. The topological polar surface area (TPSA) is 58.1 Å². The molecule has 0 saturated carbocycles. The number of nitrogens with zero attached hydrogens (tertiary/aromatic N) is 3. The quantitative estimate of drug-likeness (QED) is 0.592. The second-order valence-electron chi connectivity index (χ2n) is 5.21. The van der Waals surface area contributed by atoms with Crippen molar-refractivity contribution in [2.24, 2.45) is 0 Å². The molecule has 2 aromatic carbocycles. The third-order valence-electron chi connectivity index (χ3n) is 3.49. The number of fused-ring (bicyclic) bond motifs is 2. The highest BCUT2D eigenvalue weighted by atomic mass is 16.1. The van der Waals surface area contributed by atoms with E-state index in [1.54, 1.807) is 0 Å². The summed E-state index contributed by atoms with van der Waals surface area (Å²) >= 11 is 0. The molecule has 0 atom stereocenters. The molecule has 0 aliphatic heterocycles. The van der Waals surface area contributed by atoms with Gasteiger partial charge in [-0.1, -0.05) is 0 Å². The number of nitrogens with one attached hydrogen (secondary N) is 1. The molecule has 0 bridgehead atoms. The minimum absolute atomic E-state index is 0.673. The first-order chi connectivity index (χ1) is 10.1. The van der Waals surface area contributed by atoms with E-state index in [2.05, 4.69) is 15.3 Å². The normalized spacial score (nSPS) is 10.8. The molecular weight excluding hydrogens is 264 g/mol. The predicted molar refractivity (Wildman–Crippen MR) is 85.8 cm³/mol. The summed E-state index contributed by atoms with van der Waals surface area (Å²) in [6, 6.07) is 9.80. The number of benzene rings is 2. The number of amides is 1. The molecule has 1 heterocycles. The zero-order chi connectivity index (χ0) is 15.0. The van der Waals surface area contributed by atoms with Crippen LogP contribution in [0.25, 0.3) is 22.1 Å². The third-order valence-corrected chi connectivity index (χ3v) is 3.49. The number of hydrogen-bond donors (Lipinski definition) is 1. The second kappa shape index (κ2) is 5.01. The minimum atomic E-state index is 0.673. The molecule has 0 unspecified atom stereocenters. The van der Waals surface area contributed by atoms with E-state index in [1.165, 1.54) is 0 Å². The number of aromatic nitrogens is 2. The molecule has 106 valence electrons. The highest BCUT2D eigenvalue weighted by Crippen LogP contribution is 2.25. The van der Waals surface area contributed by atoms with E-state index in [1.807, 2.05) is 56.3 Å². The molecule has 21 heavy (non-hydrogen) atoms. The molecule has 0 aliphatic carbocycles. The molecule has 1 N–H and O–H groups in total. The van der Waals surface area contributed by atoms with E-state index >= 15 is 0 Å². The maximum atomic E-state index is 10.6. The lowest BCUT2D eigenvalue weighted by atomic mass is 10.1. The molecular formula is C16H16N4O. The molecule has 1 amide bonds. The number of carbonyl (C=O) groups excluding carboxylic acids is 1. The van der Waals surface area contributed by atoms with E-state index in [-0.39, 0.29) is 0 Å². The SMILES string of the molecule is Cc1cc2nc3ccc(N(C)C)cc3nc2cc1NC=O. The van der Waals surface area contributed by atoms with Gasteiger partial charge in [0.15, 0.2) is 0 Å². The van der Waals surface area contributed by atoms with Crippen LogP contribution in [0.15, 0.2) is 30.3 Å². The van der Waals surface area contributed by atoms with Crippen LogP contribution in [0.2, 0.25) is 0 Å². The lowest BCUT2D eigenvalue weighted by molar-refractivity contribution is -0.105. The molecule has 5 heteroatoms. The number of hydrogen-bond acceptors (Lipinski definition) is 4. The molecule has 0 aliphatic rings. The van der Waals surface area contributed by atoms with Crippen molar-refractivity contribution in [1.29, 1.82) is 0 Å². The van der Waals surface area contributed by atoms with Crippen LogP contribution < -0.4 is 10.2 Å². The van der Waals surface area contributed by atoms with Crippen molar-refractivity contribution in [1.82, 2.24) is 9.97 Å². The van der Waals surface area contributed by atoms with E-state index < -0.39 is 0 Å². The van der Waals surface area contributed by atoms with Crippen LogP contribution >= 0.6 is 0 Å². The Balaban J connectivity index is 2.25. The number of carbonyl (C=O) groups is 1. The summed E-state index contributed by atoms with van der Waals surface area (Å²) < 4.78 is 0. The summed E-state index contributed by atoms with van der Waals surface area (Å²) in [4.78, 5) is 22.0. The van der Waals surface area contributed by atoms with Gasteiger partial charge in [0, 0.05) is 25.5 Å². The van der Waals surface area contributed by atoms with Gasteiger partial charge in [-0.15, -0.1) is 0 Å². The average molecular weight is 280 g/mol. The number of aryl methyl sites for hydroxylation is 1. The molecule has 3 aromatic rings. The molecule has 0 spiro atoms. The van der Waals surface area contributed by atoms with Crippen LogP contribution in [0.4, 0.5) is 11.4 Å². The summed E-state index contributed by atoms with van der Waals surface area (Å²) in [6.07, 6.45) is 0.673. The number of anilines is 2. The van der Waals surface area contributed by atoms with Crippen LogP contribution in [0, 0.1) is 6.92 Å². The monoisotopic (exact) mass is 280 g/mol. The fourth-order valence-corrected chi connectivity index (χ4v) is 2.31. The molecule has 0 saturated heterocycles. The van der Waals surface area contributed by atoms with Crippen molar-refractivity contribution in [3.63, 3.8) is 0 Å². The Labute approximate surface area is 122 Å². The van der Waals surface area contributed by atoms with Gasteiger partial charge in [0.1, 0.15) is 0 Å². The molecule has 5 nitrogen and oxygen atoms in total. The summed E-state index contributed by atoms with van der Waals surface area (Å²) in [5.74, 6) is 0. The smallest absolute Gasteiger partial charge is 0.211 e. The first kappa shape index (κ1) is 13.3. The lowest BCUT2D eigenvalue weighted by Gasteiger charge is -2.13. The van der Waals surface area contributed by atoms with Gasteiger partial charge in [0.2, 0.25) is 6.41 Å².